The number of ether oxygens (including phenoxy) is 2. The summed E-state index contributed by atoms with van der Waals surface area (Å²) in [6.07, 6.45) is -0.767. The molecule has 6 aromatic carbocycles. The van der Waals surface area contributed by atoms with Gasteiger partial charge in [-0.1, -0.05) is 60.7 Å². The van der Waals surface area contributed by atoms with Crippen LogP contribution in [0.3, 0.4) is 0 Å². The highest BCUT2D eigenvalue weighted by Crippen LogP contribution is 2.30. The molecule has 0 saturated carbocycles. The van der Waals surface area contributed by atoms with Gasteiger partial charge >= 0.3 is 5.97 Å². The predicted octanol–water partition coefficient (Wildman–Crippen LogP) is 8.92. The van der Waals surface area contributed by atoms with Gasteiger partial charge in [-0.15, -0.1) is 0 Å². The van der Waals surface area contributed by atoms with Gasteiger partial charge in [0.1, 0.15) is 23.1 Å². The lowest BCUT2D eigenvalue weighted by Crippen LogP contribution is -2.09. The third-order valence-electron chi connectivity index (χ3n) is 7.85. The van der Waals surface area contributed by atoms with Gasteiger partial charge in [0.25, 0.3) is 0 Å². The van der Waals surface area contributed by atoms with Crippen LogP contribution in [0.4, 0.5) is 8.78 Å². The molecule has 0 bridgehead atoms. The summed E-state index contributed by atoms with van der Waals surface area (Å²) in [5, 5.41) is 28.6. The number of benzene rings is 6. The van der Waals surface area contributed by atoms with Crippen LogP contribution in [0.2, 0.25) is 0 Å². The molecule has 0 radical (unpaired) electrons. The van der Waals surface area contributed by atoms with Gasteiger partial charge in [-0.25, -0.2) is 13.6 Å². The summed E-state index contributed by atoms with van der Waals surface area (Å²) in [6, 6.07) is 39.7. The Morgan fingerprint density at radius 1 is 0.633 bits per heavy atom. The highest BCUT2D eigenvalue weighted by Gasteiger charge is 2.14. The SMILES string of the molecule is N#Cc1ccc(-c2ccc(OC(=O)c3ccc(Cc4ccc(C(O)Oc5ccc(-c6ccc(C#N)cc6)c(F)c5)cc4)cc3)cc2F)cc1. The Hall–Kier alpha value is -6.61. The Morgan fingerprint density at radius 2 is 1.10 bits per heavy atom. The number of hydrogen-bond acceptors (Lipinski definition) is 6. The van der Waals surface area contributed by atoms with Crippen LogP contribution in [0, 0.1) is 34.3 Å². The summed E-state index contributed by atoms with van der Waals surface area (Å²) in [6.45, 7) is 0. The van der Waals surface area contributed by atoms with Crippen molar-refractivity contribution >= 4 is 5.97 Å². The van der Waals surface area contributed by atoms with E-state index in [2.05, 4.69) is 0 Å². The summed E-state index contributed by atoms with van der Waals surface area (Å²) in [4.78, 5) is 12.7. The molecule has 0 aliphatic heterocycles. The molecule has 6 aromatic rings. The Bertz CT molecular complexity index is 2200. The molecule has 1 N–H and O–H groups in total. The van der Waals surface area contributed by atoms with E-state index in [9.17, 15) is 18.7 Å². The van der Waals surface area contributed by atoms with E-state index in [1.807, 2.05) is 24.3 Å². The molecule has 1 atom stereocenters. The molecule has 0 aromatic heterocycles. The van der Waals surface area contributed by atoms with Crippen LogP contribution in [0.1, 0.15) is 44.5 Å². The second kappa shape index (κ2) is 14.4. The van der Waals surface area contributed by atoms with Gasteiger partial charge in [0, 0.05) is 28.8 Å². The Balaban J connectivity index is 1.03. The summed E-state index contributed by atoms with van der Waals surface area (Å²) in [5.74, 6) is -1.47. The van der Waals surface area contributed by atoms with Crippen molar-refractivity contribution in [1.82, 2.24) is 0 Å². The molecule has 0 fully saturated rings. The minimum absolute atomic E-state index is 0.0699. The summed E-state index contributed by atoms with van der Waals surface area (Å²) in [5.41, 5.74) is 5.51. The first-order valence-corrected chi connectivity index (χ1v) is 15.1. The monoisotopic (exact) mass is 648 g/mol. The topological polar surface area (TPSA) is 103 Å². The number of hydrogen-bond donors (Lipinski definition) is 1. The maximum atomic E-state index is 14.8. The number of carbonyl (C=O) groups is 1. The van der Waals surface area contributed by atoms with Crippen LogP contribution in [0.5, 0.6) is 11.5 Å². The molecule has 6 nitrogen and oxygen atoms in total. The van der Waals surface area contributed by atoms with E-state index in [0.29, 0.717) is 50.9 Å². The zero-order chi connectivity index (χ0) is 34.3. The first kappa shape index (κ1) is 32.3. The van der Waals surface area contributed by atoms with Gasteiger partial charge in [-0.3, -0.25) is 0 Å². The van der Waals surface area contributed by atoms with E-state index in [-0.39, 0.29) is 11.5 Å². The molecule has 0 amide bonds. The minimum Gasteiger partial charge on any atom is -0.461 e. The molecule has 238 valence electrons. The number of nitriles is 2. The molecule has 0 aliphatic carbocycles. The average molecular weight is 649 g/mol. The number of aliphatic hydroxyl groups excluding tert-OH is 1. The maximum absolute atomic E-state index is 14.8. The molecular formula is C41H26F2N2O4. The van der Waals surface area contributed by atoms with E-state index in [0.717, 1.165) is 17.2 Å². The zero-order valence-corrected chi connectivity index (χ0v) is 25.8. The third-order valence-corrected chi connectivity index (χ3v) is 7.85. The number of rotatable bonds is 9. The van der Waals surface area contributed by atoms with Crippen LogP contribution >= 0.6 is 0 Å². The van der Waals surface area contributed by atoms with E-state index in [1.165, 1.54) is 18.2 Å². The molecule has 0 spiro atoms. The fraction of sp³-hybridized carbons (Fsp3) is 0.0488. The Labute approximate surface area is 281 Å². The first-order chi connectivity index (χ1) is 23.8. The van der Waals surface area contributed by atoms with Gasteiger partial charge in [0.2, 0.25) is 6.29 Å². The van der Waals surface area contributed by atoms with Gasteiger partial charge in [0.05, 0.1) is 28.8 Å². The fourth-order valence-corrected chi connectivity index (χ4v) is 5.20. The number of nitrogens with zero attached hydrogens (tertiary/aromatic N) is 2. The highest BCUT2D eigenvalue weighted by atomic mass is 19.1. The van der Waals surface area contributed by atoms with Crippen molar-refractivity contribution in [3.63, 3.8) is 0 Å². The summed E-state index contributed by atoms with van der Waals surface area (Å²) < 4.78 is 40.6. The number of esters is 1. The Morgan fingerprint density at radius 3 is 1.59 bits per heavy atom. The second-order valence-electron chi connectivity index (χ2n) is 11.1. The Kier molecular flexibility index (Phi) is 9.53. The standard InChI is InChI=1S/C41H26F2N2O4/c42-38-22-34(17-19-36(38)30-9-5-28(24-44)6-10-30)48-40(46)32-13-1-26(2-14-32)21-27-3-15-33(16-4-27)41(47)49-35-18-20-37(39(43)23-35)31-11-7-29(25-45)8-12-31/h1-20,22-23,40,46H,21H2. The van der Waals surface area contributed by atoms with Crippen molar-refractivity contribution in [3.8, 4) is 45.9 Å². The van der Waals surface area contributed by atoms with Crippen molar-refractivity contribution in [2.45, 2.75) is 12.7 Å². The average Bonchev–Trinajstić information content (AvgIpc) is 3.12. The van der Waals surface area contributed by atoms with Crippen molar-refractivity contribution < 1.29 is 28.2 Å². The lowest BCUT2D eigenvalue weighted by molar-refractivity contribution is -0.0196. The smallest absolute Gasteiger partial charge is 0.343 e. The van der Waals surface area contributed by atoms with Crippen LogP contribution in [-0.4, -0.2) is 11.1 Å². The van der Waals surface area contributed by atoms with E-state index >= 15 is 0 Å². The number of carbonyl (C=O) groups excluding carboxylic acids is 1. The van der Waals surface area contributed by atoms with Gasteiger partial charge in [-0.2, -0.15) is 10.5 Å². The van der Waals surface area contributed by atoms with Crippen molar-refractivity contribution in [3.05, 3.63) is 178 Å². The van der Waals surface area contributed by atoms with Gasteiger partial charge in [-0.05, 0) is 89.3 Å². The summed E-state index contributed by atoms with van der Waals surface area (Å²) in [7, 11) is 0. The zero-order valence-electron chi connectivity index (χ0n) is 25.8. The molecule has 0 aliphatic rings. The van der Waals surface area contributed by atoms with Crippen LogP contribution < -0.4 is 9.47 Å². The van der Waals surface area contributed by atoms with E-state index in [1.54, 1.807) is 97.1 Å². The van der Waals surface area contributed by atoms with Crippen LogP contribution in [-0.2, 0) is 6.42 Å². The lowest BCUT2D eigenvalue weighted by atomic mass is 10.0. The van der Waals surface area contributed by atoms with Gasteiger partial charge < -0.3 is 14.6 Å². The third kappa shape index (κ3) is 7.69. The van der Waals surface area contributed by atoms with Crippen molar-refractivity contribution in [1.29, 1.82) is 10.5 Å². The molecule has 8 heteroatoms. The molecular weight excluding hydrogens is 622 g/mol. The fourth-order valence-electron chi connectivity index (χ4n) is 5.20. The normalized spacial score (nSPS) is 11.2. The van der Waals surface area contributed by atoms with E-state index < -0.39 is 23.9 Å². The molecule has 0 heterocycles. The van der Waals surface area contributed by atoms with Crippen LogP contribution in [0.15, 0.2) is 133 Å². The lowest BCUT2D eigenvalue weighted by Gasteiger charge is -2.15. The highest BCUT2D eigenvalue weighted by molar-refractivity contribution is 5.91. The maximum Gasteiger partial charge on any atom is 0.343 e. The second-order valence-corrected chi connectivity index (χ2v) is 11.1. The predicted molar refractivity (Wildman–Crippen MR) is 179 cm³/mol. The first-order valence-electron chi connectivity index (χ1n) is 15.1. The van der Waals surface area contributed by atoms with Crippen molar-refractivity contribution in [2.24, 2.45) is 0 Å². The van der Waals surface area contributed by atoms with Crippen molar-refractivity contribution in [2.75, 3.05) is 0 Å². The number of halogens is 2. The molecule has 0 saturated heterocycles. The summed E-state index contributed by atoms with van der Waals surface area (Å²) >= 11 is 0. The van der Waals surface area contributed by atoms with Gasteiger partial charge in [0.15, 0.2) is 0 Å². The molecule has 1 unspecified atom stereocenters. The van der Waals surface area contributed by atoms with E-state index in [4.69, 9.17) is 20.0 Å². The minimum atomic E-state index is -1.32. The quantitative estimate of drug-likeness (QED) is 0.0954. The molecule has 6 rings (SSSR count). The number of aliphatic hydroxyl groups is 1. The largest absolute Gasteiger partial charge is 0.461 e. The molecule has 49 heavy (non-hydrogen) atoms. The van der Waals surface area contributed by atoms with Crippen LogP contribution in [0.25, 0.3) is 22.3 Å².